The summed E-state index contributed by atoms with van der Waals surface area (Å²) in [6.45, 7) is 1.25. The summed E-state index contributed by atoms with van der Waals surface area (Å²) in [4.78, 5) is 50.1. The van der Waals surface area contributed by atoms with Gasteiger partial charge in [-0.25, -0.2) is 0 Å². The van der Waals surface area contributed by atoms with Crippen molar-refractivity contribution >= 4 is 29.6 Å². The Morgan fingerprint density at radius 3 is 2.54 bits per heavy atom. The molecule has 0 bridgehead atoms. The maximum Gasteiger partial charge on any atom is 0.245 e. The average Bonchev–Trinajstić information content (AvgIpc) is 3.39. The molecule has 3 atom stereocenters. The number of benzene rings is 1. The Hall–Kier alpha value is -3.51. The molecule has 1 aromatic rings. The largest absolute Gasteiger partial charge is 0.370 e. The molecule has 12 heteroatoms. The lowest BCUT2D eigenvalue weighted by Crippen LogP contribution is -2.54. The Labute approximate surface area is 204 Å². The molecule has 2 heterocycles. The van der Waals surface area contributed by atoms with Crippen LogP contribution in [0, 0.1) is 5.41 Å². The van der Waals surface area contributed by atoms with Crippen molar-refractivity contribution in [2.24, 2.45) is 5.73 Å². The van der Waals surface area contributed by atoms with E-state index in [1.54, 1.807) is 0 Å². The minimum Gasteiger partial charge on any atom is -0.370 e. The summed E-state index contributed by atoms with van der Waals surface area (Å²) in [7, 11) is 0. The number of nitrogens with one attached hydrogen (secondary N) is 7. The first-order valence-corrected chi connectivity index (χ1v) is 11.9. The molecule has 0 aromatic heterocycles. The molecule has 1 saturated heterocycles. The van der Waals surface area contributed by atoms with E-state index in [0.29, 0.717) is 32.4 Å². The number of guanidine groups is 1. The second-order valence-electron chi connectivity index (χ2n) is 8.73. The highest BCUT2D eigenvalue weighted by atomic mass is 16.2. The van der Waals surface area contributed by atoms with E-state index >= 15 is 0 Å². The van der Waals surface area contributed by atoms with Crippen molar-refractivity contribution in [3.05, 3.63) is 35.4 Å². The standard InChI is InChI=1S/C23H34N8O4/c24-23(25)27-10-4-8-17(30-21(34)16-7-3-9-26-16)20(33)29-13-19(32)31-22(35)18-11-14-5-1-2-6-15(14)12-28-18/h1-2,5-6,16-18,26,28H,3-4,7-13H2,(H,29,33)(H,30,34)(H4,24,25,27)(H,31,32,35)/t16-,17-,18?/m0/s1. The van der Waals surface area contributed by atoms with Gasteiger partial charge in [-0.15, -0.1) is 0 Å². The van der Waals surface area contributed by atoms with Crippen LogP contribution in [-0.2, 0) is 32.1 Å². The van der Waals surface area contributed by atoms with Crippen LogP contribution in [0.4, 0.5) is 0 Å². The molecule has 2 aliphatic heterocycles. The van der Waals surface area contributed by atoms with Crippen LogP contribution in [-0.4, -0.2) is 67.3 Å². The van der Waals surface area contributed by atoms with Gasteiger partial charge in [-0.2, -0.15) is 0 Å². The van der Waals surface area contributed by atoms with Crippen LogP contribution in [0.2, 0.25) is 0 Å². The van der Waals surface area contributed by atoms with Crippen LogP contribution >= 0.6 is 0 Å². The van der Waals surface area contributed by atoms with Gasteiger partial charge >= 0.3 is 0 Å². The van der Waals surface area contributed by atoms with E-state index in [-0.39, 0.29) is 24.3 Å². The number of hydrogen-bond donors (Lipinski definition) is 8. The number of carbonyl (C=O) groups is 4. The summed E-state index contributed by atoms with van der Waals surface area (Å²) < 4.78 is 0. The van der Waals surface area contributed by atoms with Crippen LogP contribution in [0.1, 0.15) is 36.8 Å². The van der Waals surface area contributed by atoms with Crippen LogP contribution in [0.25, 0.3) is 0 Å². The van der Waals surface area contributed by atoms with Gasteiger partial charge in [-0.1, -0.05) is 24.3 Å². The second-order valence-corrected chi connectivity index (χ2v) is 8.73. The van der Waals surface area contributed by atoms with Gasteiger partial charge in [0.15, 0.2) is 5.96 Å². The smallest absolute Gasteiger partial charge is 0.245 e. The molecule has 1 fully saturated rings. The summed E-state index contributed by atoms with van der Waals surface area (Å²) in [6, 6.07) is 6.05. The Balaban J connectivity index is 1.47. The van der Waals surface area contributed by atoms with E-state index < -0.39 is 36.3 Å². The summed E-state index contributed by atoms with van der Waals surface area (Å²) in [5.41, 5.74) is 7.45. The molecule has 2 aliphatic rings. The molecule has 3 rings (SSSR count). The third-order valence-electron chi connectivity index (χ3n) is 6.08. The van der Waals surface area contributed by atoms with E-state index in [0.717, 1.165) is 24.1 Å². The summed E-state index contributed by atoms with van der Waals surface area (Å²) >= 11 is 0. The van der Waals surface area contributed by atoms with Gasteiger partial charge < -0.3 is 32.3 Å². The molecule has 0 radical (unpaired) electrons. The van der Waals surface area contributed by atoms with Gasteiger partial charge in [0.05, 0.1) is 18.6 Å². The maximum atomic E-state index is 12.7. The Morgan fingerprint density at radius 2 is 1.83 bits per heavy atom. The first-order valence-electron chi connectivity index (χ1n) is 11.9. The predicted octanol–water partition coefficient (Wildman–Crippen LogP) is -2.04. The lowest BCUT2D eigenvalue weighted by molar-refractivity contribution is -0.133. The second kappa shape index (κ2) is 12.8. The van der Waals surface area contributed by atoms with Crippen LogP contribution in [0.3, 0.4) is 0 Å². The van der Waals surface area contributed by atoms with Crippen molar-refractivity contribution < 1.29 is 19.2 Å². The SMILES string of the molecule is N=C(N)NCCC[C@H](NC(=O)[C@@H]1CCCN1)C(=O)NCC(=O)NC(=O)C1Cc2ccccc2CN1. The van der Waals surface area contributed by atoms with Gasteiger partial charge in [0.1, 0.15) is 6.04 Å². The first kappa shape index (κ1) is 26.1. The van der Waals surface area contributed by atoms with E-state index in [4.69, 9.17) is 11.1 Å². The summed E-state index contributed by atoms with van der Waals surface area (Å²) in [5.74, 6) is -2.06. The summed E-state index contributed by atoms with van der Waals surface area (Å²) in [6.07, 6.45) is 2.80. The van der Waals surface area contributed by atoms with Gasteiger partial charge in [0, 0.05) is 13.1 Å². The highest BCUT2D eigenvalue weighted by Crippen LogP contribution is 2.16. The fraction of sp³-hybridized carbons (Fsp3) is 0.522. The molecular formula is C23H34N8O4. The fourth-order valence-corrected chi connectivity index (χ4v) is 4.18. The van der Waals surface area contributed by atoms with Crippen LogP contribution < -0.4 is 37.6 Å². The van der Waals surface area contributed by atoms with Crippen molar-refractivity contribution in [1.82, 2.24) is 31.9 Å². The number of imide groups is 1. The number of fused-ring (bicyclic) bond motifs is 1. The third-order valence-corrected chi connectivity index (χ3v) is 6.08. The maximum absolute atomic E-state index is 12.7. The zero-order chi connectivity index (χ0) is 25.2. The Bertz CT molecular complexity index is 947. The number of nitrogens with two attached hydrogens (primary N) is 1. The van der Waals surface area contributed by atoms with Crippen molar-refractivity contribution in [2.75, 3.05) is 19.6 Å². The van der Waals surface area contributed by atoms with Gasteiger partial charge in [-0.3, -0.25) is 29.9 Å². The molecule has 0 saturated carbocycles. The number of amides is 4. The first-order chi connectivity index (χ1) is 16.8. The zero-order valence-electron chi connectivity index (χ0n) is 19.6. The van der Waals surface area contributed by atoms with Crippen molar-refractivity contribution in [3.8, 4) is 0 Å². The van der Waals surface area contributed by atoms with Crippen molar-refractivity contribution in [2.45, 2.75) is 56.8 Å². The van der Waals surface area contributed by atoms with Gasteiger partial charge in [0.2, 0.25) is 23.6 Å². The van der Waals surface area contributed by atoms with Crippen LogP contribution in [0.15, 0.2) is 24.3 Å². The molecule has 9 N–H and O–H groups in total. The highest BCUT2D eigenvalue weighted by Gasteiger charge is 2.28. The third kappa shape index (κ3) is 8.04. The van der Waals surface area contributed by atoms with Crippen molar-refractivity contribution in [3.63, 3.8) is 0 Å². The predicted molar refractivity (Wildman–Crippen MR) is 129 cm³/mol. The number of rotatable bonds is 10. The normalized spacial score (nSPS) is 19.7. The van der Waals surface area contributed by atoms with Crippen LogP contribution in [0.5, 0.6) is 0 Å². The van der Waals surface area contributed by atoms with Gasteiger partial charge in [0.25, 0.3) is 0 Å². The quantitative estimate of drug-likeness (QED) is 0.105. The van der Waals surface area contributed by atoms with Crippen molar-refractivity contribution in [1.29, 1.82) is 5.41 Å². The molecule has 1 unspecified atom stereocenters. The number of carbonyl (C=O) groups excluding carboxylic acids is 4. The molecule has 0 aliphatic carbocycles. The lowest BCUT2D eigenvalue weighted by Gasteiger charge is -2.25. The molecule has 12 nitrogen and oxygen atoms in total. The van der Waals surface area contributed by atoms with E-state index in [2.05, 4.69) is 31.9 Å². The molecule has 4 amide bonds. The molecular weight excluding hydrogens is 452 g/mol. The molecule has 0 spiro atoms. The minimum absolute atomic E-state index is 0.178. The molecule has 35 heavy (non-hydrogen) atoms. The average molecular weight is 487 g/mol. The summed E-state index contributed by atoms with van der Waals surface area (Å²) in [5, 5.41) is 23.6. The fourth-order valence-electron chi connectivity index (χ4n) is 4.18. The topological polar surface area (TPSA) is 190 Å². The monoisotopic (exact) mass is 486 g/mol. The number of hydrogen-bond acceptors (Lipinski definition) is 7. The minimum atomic E-state index is -0.862. The molecule has 1 aromatic carbocycles. The van der Waals surface area contributed by atoms with E-state index in [1.807, 2.05) is 24.3 Å². The Kier molecular flexibility index (Phi) is 9.56. The molecule has 190 valence electrons. The zero-order valence-corrected chi connectivity index (χ0v) is 19.6. The van der Waals surface area contributed by atoms with Gasteiger partial charge in [-0.05, 0) is 49.8 Å². The van der Waals surface area contributed by atoms with E-state index in [1.165, 1.54) is 0 Å². The lowest BCUT2D eigenvalue weighted by atomic mass is 9.95. The Morgan fingerprint density at radius 1 is 1.06 bits per heavy atom. The highest BCUT2D eigenvalue weighted by molar-refractivity contribution is 6.00. The van der Waals surface area contributed by atoms with E-state index in [9.17, 15) is 19.2 Å².